The Labute approximate surface area is 119 Å². The zero-order valence-corrected chi connectivity index (χ0v) is 11.4. The predicted molar refractivity (Wildman–Crippen MR) is 70.5 cm³/mol. The van der Waals surface area contributed by atoms with Crippen molar-refractivity contribution in [2.75, 3.05) is 0 Å². The Balaban J connectivity index is 2.75. The van der Waals surface area contributed by atoms with Crippen molar-refractivity contribution < 1.29 is 22.8 Å². The number of halogens is 3. The fraction of sp³-hybridized carbons (Fsp3) is 0.308. The molecule has 0 fully saturated rings. The highest BCUT2D eigenvalue weighted by atomic mass is 19.4. The van der Waals surface area contributed by atoms with Crippen molar-refractivity contribution in [3.8, 4) is 0 Å². The summed E-state index contributed by atoms with van der Waals surface area (Å²) in [6.45, 7) is 3.32. The third-order valence-corrected chi connectivity index (χ3v) is 2.26. The molecule has 0 aliphatic rings. The molecule has 2 amide bonds. The monoisotopic (exact) mass is 301 g/mol. The minimum atomic E-state index is -4.53. The second-order valence-electron chi connectivity index (χ2n) is 4.41. The van der Waals surface area contributed by atoms with Crippen molar-refractivity contribution in [1.82, 2.24) is 10.7 Å². The van der Waals surface area contributed by atoms with Crippen LogP contribution in [-0.4, -0.2) is 24.1 Å². The van der Waals surface area contributed by atoms with Crippen LogP contribution in [0.15, 0.2) is 29.4 Å². The first kappa shape index (κ1) is 16.7. The molecule has 0 unspecified atom stereocenters. The second-order valence-corrected chi connectivity index (χ2v) is 4.41. The van der Waals surface area contributed by atoms with Gasteiger partial charge in [-0.1, -0.05) is 18.2 Å². The minimum Gasteiger partial charge on any atom is -0.346 e. The van der Waals surface area contributed by atoms with Gasteiger partial charge in [-0.2, -0.15) is 18.3 Å². The van der Waals surface area contributed by atoms with Gasteiger partial charge in [0.25, 0.3) is 0 Å². The molecule has 0 aliphatic carbocycles. The van der Waals surface area contributed by atoms with Crippen molar-refractivity contribution in [1.29, 1.82) is 0 Å². The minimum absolute atomic E-state index is 0.213. The van der Waals surface area contributed by atoms with Crippen LogP contribution in [0, 0.1) is 0 Å². The molecular formula is C13H14F3N3O2. The number of hydrogen-bond acceptors (Lipinski definition) is 3. The van der Waals surface area contributed by atoms with Gasteiger partial charge in [-0.3, -0.25) is 9.59 Å². The summed E-state index contributed by atoms with van der Waals surface area (Å²) in [5.74, 6) is -1.96. The summed E-state index contributed by atoms with van der Waals surface area (Å²) >= 11 is 0. The Hall–Kier alpha value is -2.38. The quantitative estimate of drug-likeness (QED) is 0.506. The Morgan fingerprint density at radius 3 is 2.38 bits per heavy atom. The summed E-state index contributed by atoms with van der Waals surface area (Å²) in [4.78, 5) is 22.5. The molecule has 1 rings (SSSR count). The zero-order chi connectivity index (χ0) is 16.0. The molecule has 21 heavy (non-hydrogen) atoms. The fourth-order valence-electron chi connectivity index (χ4n) is 1.41. The summed E-state index contributed by atoms with van der Waals surface area (Å²) in [5, 5.41) is 5.68. The predicted octanol–water partition coefficient (Wildman–Crippen LogP) is 1.68. The van der Waals surface area contributed by atoms with E-state index in [4.69, 9.17) is 0 Å². The van der Waals surface area contributed by atoms with Gasteiger partial charge in [0.05, 0.1) is 11.8 Å². The molecule has 0 heterocycles. The van der Waals surface area contributed by atoms with Crippen LogP contribution in [0.3, 0.4) is 0 Å². The number of alkyl halides is 3. The first-order chi connectivity index (χ1) is 9.71. The molecular weight excluding hydrogens is 287 g/mol. The number of nitrogens with zero attached hydrogens (tertiary/aromatic N) is 1. The number of nitrogens with one attached hydrogen (secondary N) is 2. The largest absolute Gasteiger partial charge is 0.417 e. The molecule has 0 radical (unpaired) electrons. The standard InChI is InChI=1S/C13H14F3N3O2/c1-8(2)18-11(20)12(21)19-17-7-9-5-3-4-6-10(9)13(14,15)16/h3-8H,1-2H3,(H,18,20)(H,19,21). The summed E-state index contributed by atoms with van der Waals surface area (Å²) in [6, 6.07) is 4.51. The first-order valence-electron chi connectivity index (χ1n) is 6.02. The maximum Gasteiger partial charge on any atom is 0.417 e. The third-order valence-electron chi connectivity index (χ3n) is 2.26. The first-order valence-corrected chi connectivity index (χ1v) is 6.02. The number of carbonyl (C=O) groups excluding carboxylic acids is 2. The van der Waals surface area contributed by atoms with Gasteiger partial charge >= 0.3 is 18.0 Å². The van der Waals surface area contributed by atoms with Gasteiger partial charge in [0.2, 0.25) is 0 Å². The molecule has 1 aromatic carbocycles. The van der Waals surface area contributed by atoms with E-state index in [1.165, 1.54) is 18.2 Å². The molecule has 0 saturated carbocycles. The highest BCUT2D eigenvalue weighted by Gasteiger charge is 2.32. The summed E-state index contributed by atoms with van der Waals surface area (Å²) in [6.07, 6.45) is -3.69. The van der Waals surface area contributed by atoms with E-state index in [2.05, 4.69) is 10.4 Å². The van der Waals surface area contributed by atoms with Gasteiger partial charge in [-0.25, -0.2) is 5.43 Å². The van der Waals surface area contributed by atoms with Crippen molar-refractivity contribution in [2.45, 2.75) is 26.1 Å². The van der Waals surface area contributed by atoms with Crippen LogP contribution in [0.25, 0.3) is 0 Å². The van der Waals surface area contributed by atoms with E-state index in [0.717, 1.165) is 12.3 Å². The highest BCUT2D eigenvalue weighted by Crippen LogP contribution is 2.30. The Morgan fingerprint density at radius 2 is 1.81 bits per heavy atom. The van der Waals surface area contributed by atoms with E-state index < -0.39 is 23.6 Å². The second kappa shape index (κ2) is 6.87. The number of rotatable bonds is 3. The molecule has 0 saturated heterocycles. The molecule has 0 atom stereocenters. The van der Waals surface area contributed by atoms with Crippen molar-refractivity contribution in [3.05, 3.63) is 35.4 Å². The van der Waals surface area contributed by atoms with E-state index in [1.807, 2.05) is 5.43 Å². The topological polar surface area (TPSA) is 70.6 Å². The molecule has 1 aromatic rings. The Morgan fingerprint density at radius 1 is 1.19 bits per heavy atom. The Kier molecular flexibility index (Phi) is 5.45. The van der Waals surface area contributed by atoms with Crippen molar-refractivity contribution in [3.63, 3.8) is 0 Å². The lowest BCUT2D eigenvalue weighted by molar-refractivity contribution is -0.139. The van der Waals surface area contributed by atoms with E-state index in [-0.39, 0.29) is 11.6 Å². The molecule has 0 spiro atoms. The molecule has 0 aliphatic heterocycles. The number of carbonyl (C=O) groups is 2. The van der Waals surface area contributed by atoms with E-state index in [1.54, 1.807) is 13.8 Å². The fourth-order valence-corrected chi connectivity index (χ4v) is 1.41. The third kappa shape index (κ3) is 5.25. The summed E-state index contributed by atoms with van der Waals surface area (Å²) in [5.41, 5.74) is 0.773. The summed E-state index contributed by atoms with van der Waals surface area (Å²) in [7, 11) is 0. The number of amides is 2. The van der Waals surface area contributed by atoms with Gasteiger partial charge in [0.15, 0.2) is 0 Å². The molecule has 114 valence electrons. The van der Waals surface area contributed by atoms with Crippen LogP contribution in [0.2, 0.25) is 0 Å². The van der Waals surface area contributed by atoms with Crippen molar-refractivity contribution in [2.24, 2.45) is 5.10 Å². The van der Waals surface area contributed by atoms with Gasteiger partial charge < -0.3 is 5.32 Å². The van der Waals surface area contributed by atoms with E-state index >= 15 is 0 Å². The maximum atomic E-state index is 12.7. The van der Waals surface area contributed by atoms with Gasteiger partial charge in [-0.15, -0.1) is 0 Å². The van der Waals surface area contributed by atoms with Crippen LogP contribution in [0.5, 0.6) is 0 Å². The molecule has 5 nitrogen and oxygen atoms in total. The summed E-state index contributed by atoms with van der Waals surface area (Å²) < 4.78 is 38.1. The molecule has 2 N–H and O–H groups in total. The van der Waals surface area contributed by atoms with Gasteiger partial charge in [-0.05, 0) is 19.9 Å². The average Bonchev–Trinajstić information content (AvgIpc) is 2.37. The number of hydrazone groups is 1. The van der Waals surface area contributed by atoms with Gasteiger partial charge in [0.1, 0.15) is 0 Å². The van der Waals surface area contributed by atoms with Gasteiger partial charge in [0, 0.05) is 11.6 Å². The number of benzene rings is 1. The lowest BCUT2D eigenvalue weighted by atomic mass is 10.1. The van der Waals surface area contributed by atoms with E-state index in [0.29, 0.717) is 0 Å². The van der Waals surface area contributed by atoms with Crippen LogP contribution in [0.1, 0.15) is 25.0 Å². The van der Waals surface area contributed by atoms with E-state index in [9.17, 15) is 22.8 Å². The van der Waals surface area contributed by atoms with Crippen LogP contribution >= 0.6 is 0 Å². The molecule has 8 heteroatoms. The highest BCUT2D eigenvalue weighted by molar-refractivity contribution is 6.35. The van der Waals surface area contributed by atoms with Crippen LogP contribution in [-0.2, 0) is 15.8 Å². The lowest BCUT2D eigenvalue weighted by Gasteiger charge is -2.09. The zero-order valence-electron chi connectivity index (χ0n) is 11.4. The lowest BCUT2D eigenvalue weighted by Crippen LogP contribution is -2.41. The SMILES string of the molecule is CC(C)NC(=O)C(=O)NN=Cc1ccccc1C(F)(F)F. The molecule has 0 bridgehead atoms. The maximum absolute atomic E-state index is 12.7. The average molecular weight is 301 g/mol. The van der Waals surface area contributed by atoms with Crippen LogP contribution < -0.4 is 10.7 Å². The molecule has 0 aromatic heterocycles. The van der Waals surface area contributed by atoms with Crippen LogP contribution in [0.4, 0.5) is 13.2 Å². The Bertz CT molecular complexity index is 554. The smallest absolute Gasteiger partial charge is 0.346 e. The number of hydrogen-bond donors (Lipinski definition) is 2. The van der Waals surface area contributed by atoms with Crippen molar-refractivity contribution >= 4 is 18.0 Å². The normalized spacial score (nSPS) is 11.7.